The highest BCUT2D eigenvalue weighted by Crippen LogP contribution is 2.12. The third-order valence-electron chi connectivity index (χ3n) is 2.78. The number of nitrogens with one attached hydrogen (secondary N) is 1. The first-order valence-electron chi connectivity index (χ1n) is 6.88. The van der Waals surface area contributed by atoms with Crippen molar-refractivity contribution in [1.29, 1.82) is 0 Å². The summed E-state index contributed by atoms with van der Waals surface area (Å²) in [7, 11) is 0. The summed E-state index contributed by atoms with van der Waals surface area (Å²) in [6.45, 7) is 2.28. The average molecular weight is 303 g/mol. The topological polar surface area (TPSA) is 77.8 Å². The highest BCUT2D eigenvalue weighted by atomic mass is 16.5. The fourth-order valence-corrected chi connectivity index (χ4v) is 1.70. The van der Waals surface area contributed by atoms with Gasteiger partial charge in [0.15, 0.2) is 6.61 Å². The van der Waals surface area contributed by atoms with E-state index in [-0.39, 0.29) is 18.5 Å². The molecule has 0 fully saturated rings. The van der Waals surface area contributed by atoms with Gasteiger partial charge in [-0.2, -0.15) is 0 Å². The van der Waals surface area contributed by atoms with Crippen LogP contribution >= 0.6 is 0 Å². The maximum absolute atomic E-state index is 11.6. The van der Waals surface area contributed by atoms with E-state index >= 15 is 0 Å². The number of carbonyl (C=O) groups excluding carboxylic acids is 2. The normalized spacial score (nSPS) is 10.0. The summed E-state index contributed by atoms with van der Waals surface area (Å²) in [5.41, 5.74) is 0.441. The third-order valence-corrected chi connectivity index (χ3v) is 2.78. The van der Waals surface area contributed by atoms with Crippen molar-refractivity contribution < 1.29 is 23.5 Å². The monoisotopic (exact) mass is 303 g/mol. The molecule has 0 aliphatic carbocycles. The molecule has 1 heterocycles. The van der Waals surface area contributed by atoms with E-state index in [2.05, 4.69) is 5.32 Å². The molecule has 0 unspecified atom stereocenters. The van der Waals surface area contributed by atoms with Crippen molar-refractivity contribution in [2.75, 3.05) is 13.2 Å². The zero-order valence-corrected chi connectivity index (χ0v) is 12.2. The summed E-state index contributed by atoms with van der Waals surface area (Å²) in [4.78, 5) is 23.1. The summed E-state index contributed by atoms with van der Waals surface area (Å²) in [5.74, 6) is 0.532. The van der Waals surface area contributed by atoms with Crippen LogP contribution in [0, 0.1) is 0 Å². The highest BCUT2D eigenvalue weighted by molar-refractivity contribution is 5.89. The lowest BCUT2D eigenvalue weighted by Crippen LogP contribution is -2.28. The molecule has 0 atom stereocenters. The van der Waals surface area contributed by atoms with E-state index in [9.17, 15) is 9.59 Å². The van der Waals surface area contributed by atoms with Crippen molar-refractivity contribution in [2.24, 2.45) is 0 Å². The molecule has 2 aromatic rings. The summed E-state index contributed by atoms with van der Waals surface area (Å²) < 4.78 is 15.3. The minimum absolute atomic E-state index is 0.112. The predicted molar refractivity (Wildman–Crippen MR) is 78.4 cm³/mol. The second-order valence-corrected chi connectivity index (χ2v) is 4.39. The van der Waals surface area contributed by atoms with Crippen LogP contribution in [0.4, 0.5) is 0 Å². The van der Waals surface area contributed by atoms with Crippen LogP contribution in [0.15, 0.2) is 47.1 Å². The van der Waals surface area contributed by atoms with Gasteiger partial charge in [-0.3, -0.25) is 4.79 Å². The lowest BCUT2D eigenvalue weighted by molar-refractivity contribution is -0.123. The smallest absolute Gasteiger partial charge is 0.338 e. The van der Waals surface area contributed by atoms with Gasteiger partial charge in [0, 0.05) is 0 Å². The minimum Gasteiger partial charge on any atom is -0.484 e. The molecule has 6 nitrogen and oxygen atoms in total. The second kappa shape index (κ2) is 7.87. The van der Waals surface area contributed by atoms with Gasteiger partial charge in [0.2, 0.25) is 0 Å². The number of carbonyl (C=O) groups is 2. The molecule has 6 heteroatoms. The number of amides is 1. The number of hydrogen-bond donors (Lipinski definition) is 1. The Morgan fingerprint density at radius 3 is 2.59 bits per heavy atom. The van der Waals surface area contributed by atoms with Gasteiger partial charge in [-0.05, 0) is 43.3 Å². The standard InChI is InChI=1S/C16H17NO5/c1-2-20-16(19)12-5-7-13(8-6-12)22-11-15(18)17-10-14-4-3-9-21-14/h3-9H,2,10-11H2,1H3,(H,17,18). The van der Waals surface area contributed by atoms with Gasteiger partial charge in [0.05, 0.1) is 25.0 Å². The second-order valence-electron chi connectivity index (χ2n) is 4.39. The molecular formula is C16H17NO5. The molecular weight excluding hydrogens is 286 g/mol. The zero-order valence-electron chi connectivity index (χ0n) is 12.2. The Hall–Kier alpha value is -2.76. The molecule has 1 aromatic heterocycles. The number of esters is 1. The fraction of sp³-hybridized carbons (Fsp3) is 0.250. The number of furan rings is 1. The SMILES string of the molecule is CCOC(=O)c1ccc(OCC(=O)NCc2ccco2)cc1. The number of benzene rings is 1. The summed E-state index contributed by atoms with van der Waals surface area (Å²) >= 11 is 0. The van der Waals surface area contributed by atoms with Gasteiger partial charge in [-0.25, -0.2) is 4.79 Å². The molecule has 22 heavy (non-hydrogen) atoms. The minimum atomic E-state index is -0.384. The largest absolute Gasteiger partial charge is 0.484 e. The molecule has 1 N–H and O–H groups in total. The van der Waals surface area contributed by atoms with Crippen molar-refractivity contribution in [3.8, 4) is 5.75 Å². The van der Waals surface area contributed by atoms with Gasteiger partial charge < -0.3 is 19.2 Å². The summed E-state index contributed by atoms with van der Waals surface area (Å²) in [6.07, 6.45) is 1.54. The Kier molecular flexibility index (Phi) is 5.59. The zero-order chi connectivity index (χ0) is 15.8. The van der Waals surface area contributed by atoms with Gasteiger partial charge in [-0.1, -0.05) is 0 Å². The molecule has 0 aliphatic heterocycles. The average Bonchev–Trinajstić information content (AvgIpc) is 3.05. The summed E-state index contributed by atoms with van der Waals surface area (Å²) in [5, 5.41) is 2.67. The predicted octanol–water partition coefficient (Wildman–Crippen LogP) is 2.15. The van der Waals surface area contributed by atoms with Gasteiger partial charge >= 0.3 is 5.97 Å². The first-order chi connectivity index (χ1) is 10.7. The van der Waals surface area contributed by atoms with Crippen LogP contribution < -0.4 is 10.1 Å². The molecule has 0 radical (unpaired) electrons. The van der Waals surface area contributed by atoms with E-state index in [0.29, 0.717) is 30.2 Å². The van der Waals surface area contributed by atoms with E-state index < -0.39 is 0 Å². The number of ether oxygens (including phenoxy) is 2. The molecule has 0 saturated carbocycles. The van der Waals surface area contributed by atoms with Crippen molar-refractivity contribution in [3.63, 3.8) is 0 Å². The lowest BCUT2D eigenvalue weighted by atomic mass is 10.2. The van der Waals surface area contributed by atoms with E-state index in [0.717, 1.165) is 0 Å². The van der Waals surface area contributed by atoms with E-state index in [1.54, 1.807) is 49.6 Å². The molecule has 116 valence electrons. The number of rotatable bonds is 7. The van der Waals surface area contributed by atoms with Crippen LogP contribution in [0.2, 0.25) is 0 Å². The van der Waals surface area contributed by atoms with E-state index in [1.807, 2.05) is 0 Å². The van der Waals surface area contributed by atoms with Crippen molar-refractivity contribution in [2.45, 2.75) is 13.5 Å². The van der Waals surface area contributed by atoms with Crippen molar-refractivity contribution in [1.82, 2.24) is 5.32 Å². The quantitative estimate of drug-likeness (QED) is 0.793. The van der Waals surface area contributed by atoms with E-state index in [4.69, 9.17) is 13.9 Å². The summed E-state index contributed by atoms with van der Waals surface area (Å²) in [6, 6.07) is 9.94. The number of hydrogen-bond acceptors (Lipinski definition) is 5. The maximum Gasteiger partial charge on any atom is 0.338 e. The lowest BCUT2D eigenvalue weighted by Gasteiger charge is -2.07. The van der Waals surface area contributed by atoms with Crippen LogP contribution in [-0.4, -0.2) is 25.1 Å². The van der Waals surface area contributed by atoms with Crippen LogP contribution in [0.3, 0.4) is 0 Å². The fourth-order valence-electron chi connectivity index (χ4n) is 1.70. The van der Waals surface area contributed by atoms with Gasteiger partial charge in [0.25, 0.3) is 5.91 Å². The van der Waals surface area contributed by atoms with Crippen molar-refractivity contribution in [3.05, 3.63) is 54.0 Å². The van der Waals surface area contributed by atoms with Gasteiger partial charge in [0.1, 0.15) is 11.5 Å². The Labute approximate surface area is 128 Å². The molecule has 1 amide bonds. The first-order valence-corrected chi connectivity index (χ1v) is 6.88. The Morgan fingerprint density at radius 2 is 1.95 bits per heavy atom. The van der Waals surface area contributed by atoms with Crippen molar-refractivity contribution >= 4 is 11.9 Å². The third kappa shape index (κ3) is 4.66. The molecule has 0 spiro atoms. The molecule has 2 rings (SSSR count). The highest BCUT2D eigenvalue weighted by Gasteiger charge is 2.07. The Morgan fingerprint density at radius 1 is 1.18 bits per heavy atom. The maximum atomic E-state index is 11.6. The molecule has 0 aliphatic rings. The Balaban J connectivity index is 1.76. The van der Waals surface area contributed by atoms with Crippen LogP contribution in [0.25, 0.3) is 0 Å². The van der Waals surface area contributed by atoms with Crippen LogP contribution in [-0.2, 0) is 16.1 Å². The van der Waals surface area contributed by atoms with Crippen LogP contribution in [0.5, 0.6) is 5.75 Å². The van der Waals surface area contributed by atoms with Gasteiger partial charge in [-0.15, -0.1) is 0 Å². The molecule has 0 saturated heterocycles. The molecule has 0 bridgehead atoms. The van der Waals surface area contributed by atoms with E-state index in [1.165, 1.54) is 0 Å². The van der Waals surface area contributed by atoms with Crippen LogP contribution in [0.1, 0.15) is 23.0 Å². The Bertz CT molecular complexity index is 604. The first kappa shape index (κ1) is 15.6. The molecule has 1 aromatic carbocycles.